The van der Waals surface area contributed by atoms with Gasteiger partial charge in [-0.2, -0.15) is 5.48 Å². The molecule has 0 aliphatic carbocycles. The summed E-state index contributed by atoms with van der Waals surface area (Å²) in [5, 5.41) is 2.03. The number of amides is 1. The molecule has 0 spiro atoms. The molecule has 3 rings (SSSR count). The van der Waals surface area contributed by atoms with E-state index in [4.69, 9.17) is 15.2 Å². The van der Waals surface area contributed by atoms with E-state index in [1.165, 1.54) is 12.3 Å². The van der Waals surface area contributed by atoms with Crippen LogP contribution in [-0.4, -0.2) is 36.0 Å². The predicted molar refractivity (Wildman–Crippen MR) is 125 cm³/mol. The molecule has 0 radical (unpaired) electrons. The third-order valence-electron chi connectivity index (χ3n) is 4.97. The molecule has 3 aromatic rings. The quantitative estimate of drug-likeness (QED) is 0.265. The van der Waals surface area contributed by atoms with Gasteiger partial charge in [0.15, 0.2) is 11.4 Å². The van der Waals surface area contributed by atoms with Crippen LogP contribution in [0, 0.1) is 0 Å². The van der Waals surface area contributed by atoms with E-state index in [1.54, 1.807) is 0 Å². The van der Waals surface area contributed by atoms with Crippen LogP contribution >= 0.6 is 0 Å². The van der Waals surface area contributed by atoms with Gasteiger partial charge in [-0.1, -0.05) is 62.2 Å². The lowest BCUT2D eigenvalue weighted by atomic mass is 10.1. The number of hydroxylamine groups is 1. The highest BCUT2D eigenvalue weighted by atomic mass is 16.7. The lowest BCUT2D eigenvalue weighted by Gasteiger charge is -2.13. The Morgan fingerprint density at radius 1 is 1.06 bits per heavy atom. The van der Waals surface area contributed by atoms with Gasteiger partial charge >= 0.3 is 17.8 Å². The first-order valence-electron chi connectivity index (χ1n) is 11.0. The molecular weight excluding hydrogens is 438 g/mol. The molecule has 2 aromatic carbocycles. The number of hydrogen-bond acceptors (Lipinski definition) is 8. The molecule has 1 heterocycles. The molecule has 3 N–H and O–H groups in total. The highest BCUT2D eigenvalue weighted by molar-refractivity contribution is 5.97. The van der Waals surface area contributed by atoms with Crippen molar-refractivity contribution in [2.45, 2.75) is 32.8 Å². The second-order valence-corrected chi connectivity index (χ2v) is 7.45. The smallest absolute Gasteiger partial charge is 0.345 e. The lowest BCUT2D eigenvalue weighted by molar-refractivity contribution is -0.147. The van der Waals surface area contributed by atoms with Crippen molar-refractivity contribution in [3.63, 3.8) is 0 Å². The van der Waals surface area contributed by atoms with E-state index >= 15 is 0 Å². The number of hydrogen-bond donors (Lipinski definition) is 2. The van der Waals surface area contributed by atoms with E-state index in [1.807, 2.05) is 47.9 Å². The topological polar surface area (TPSA) is 130 Å². The number of benzene rings is 2. The van der Waals surface area contributed by atoms with Gasteiger partial charge in [0.05, 0.1) is 18.7 Å². The zero-order valence-electron chi connectivity index (χ0n) is 18.9. The van der Waals surface area contributed by atoms with E-state index in [-0.39, 0.29) is 30.2 Å². The van der Waals surface area contributed by atoms with Gasteiger partial charge in [0.25, 0.3) is 0 Å². The minimum Gasteiger partial charge on any atom is -0.486 e. The predicted octanol–water partition coefficient (Wildman–Crippen LogP) is 3.31. The van der Waals surface area contributed by atoms with Crippen molar-refractivity contribution in [1.82, 2.24) is 10.5 Å². The number of pyridine rings is 1. The number of nitrogens with two attached hydrogens (primary N) is 1. The third-order valence-corrected chi connectivity index (χ3v) is 4.97. The number of carbonyl (C=O) groups is 3. The molecule has 9 heteroatoms. The second-order valence-electron chi connectivity index (χ2n) is 7.45. The lowest BCUT2D eigenvalue weighted by Crippen LogP contribution is -2.31. The highest BCUT2D eigenvalue weighted by Gasteiger charge is 2.20. The highest BCUT2D eigenvalue weighted by Crippen LogP contribution is 2.24. The van der Waals surface area contributed by atoms with Crippen LogP contribution < -0.4 is 16.0 Å². The van der Waals surface area contributed by atoms with Crippen LogP contribution in [-0.2, 0) is 21.0 Å². The number of esters is 1. The Kier molecular flexibility index (Phi) is 8.93. The summed E-state index contributed by atoms with van der Waals surface area (Å²) in [5.41, 5.74) is 8.03. The Morgan fingerprint density at radius 2 is 1.85 bits per heavy atom. The van der Waals surface area contributed by atoms with Crippen LogP contribution in [0.1, 0.15) is 52.6 Å². The average Bonchev–Trinajstić information content (AvgIpc) is 2.87. The molecule has 9 nitrogen and oxygen atoms in total. The maximum Gasteiger partial charge on any atom is 0.345 e. The van der Waals surface area contributed by atoms with E-state index in [0.29, 0.717) is 0 Å². The SMILES string of the molecule is CCCCCOC(=O)c1cnc(C(=O)NOC(=O)CN)c(OCc2cccc3ccccc23)c1. The summed E-state index contributed by atoms with van der Waals surface area (Å²) < 4.78 is 11.2. The van der Waals surface area contributed by atoms with Crippen molar-refractivity contribution < 1.29 is 28.7 Å². The molecule has 1 aromatic heterocycles. The molecule has 0 saturated heterocycles. The van der Waals surface area contributed by atoms with Gasteiger partial charge in [0, 0.05) is 6.20 Å². The number of aromatic nitrogens is 1. The van der Waals surface area contributed by atoms with Crippen LogP contribution in [0.25, 0.3) is 10.8 Å². The molecule has 0 saturated carbocycles. The van der Waals surface area contributed by atoms with Crippen molar-refractivity contribution >= 4 is 28.6 Å². The van der Waals surface area contributed by atoms with Crippen molar-refractivity contribution in [3.05, 3.63) is 71.5 Å². The summed E-state index contributed by atoms with van der Waals surface area (Å²) in [6, 6.07) is 15.0. The number of fused-ring (bicyclic) bond motifs is 1. The summed E-state index contributed by atoms with van der Waals surface area (Å²) in [5.74, 6) is -2.17. The van der Waals surface area contributed by atoms with Crippen molar-refractivity contribution in [2.75, 3.05) is 13.2 Å². The molecule has 178 valence electrons. The van der Waals surface area contributed by atoms with E-state index in [9.17, 15) is 14.4 Å². The zero-order valence-corrected chi connectivity index (χ0v) is 18.9. The molecule has 1 amide bonds. The largest absolute Gasteiger partial charge is 0.486 e. The van der Waals surface area contributed by atoms with Gasteiger partial charge < -0.3 is 20.0 Å². The maximum absolute atomic E-state index is 12.5. The number of unbranched alkanes of at least 4 members (excludes halogenated alkanes) is 2. The van der Waals surface area contributed by atoms with Gasteiger partial charge in [-0.25, -0.2) is 14.6 Å². The molecule has 34 heavy (non-hydrogen) atoms. The fourth-order valence-electron chi connectivity index (χ4n) is 3.20. The molecular formula is C25H27N3O6. The second kappa shape index (κ2) is 12.3. The third kappa shape index (κ3) is 6.52. The van der Waals surface area contributed by atoms with Crippen LogP contribution in [0.4, 0.5) is 0 Å². The zero-order chi connectivity index (χ0) is 24.3. The Labute approximate surface area is 197 Å². The first kappa shape index (κ1) is 24.7. The molecule has 0 aliphatic heterocycles. The number of nitrogens with zero attached hydrogens (tertiary/aromatic N) is 1. The van der Waals surface area contributed by atoms with Gasteiger partial charge in [0.2, 0.25) is 0 Å². The Balaban J connectivity index is 1.83. The number of carbonyl (C=O) groups excluding carboxylic acids is 3. The number of rotatable bonds is 10. The van der Waals surface area contributed by atoms with Gasteiger partial charge in [-0.05, 0) is 28.8 Å². The summed E-state index contributed by atoms with van der Waals surface area (Å²) in [6.07, 6.45) is 3.93. The van der Waals surface area contributed by atoms with Gasteiger partial charge in [-0.3, -0.25) is 4.79 Å². The first-order chi connectivity index (χ1) is 16.5. The molecule has 0 aliphatic rings. The van der Waals surface area contributed by atoms with Crippen molar-refractivity contribution in [3.8, 4) is 5.75 Å². The monoisotopic (exact) mass is 465 g/mol. The van der Waals surface area contributed by atoms with Gasteiger partial charge in [0.1, 0.15) is 6.61 Å². The summed E-state index contributed by atoms with van der Waals surface area (Å²) in [6.45, 7) is 2.05. The number of ether oxygens (including phenoxy) is 2. The summed E-state index contributed by atoms with van der Waals surface area (Å²) >= 11 is 0. The molecule has 0 atom stereocenters. The Morgan fingerprint density at radius 3 is 2.65 bits per heavy atom. The molecule has 0 unspecified atom stereocenters. The van der Waals surface area contributed by atoms with E-state index < -0.39 is 24.4 Å². The van der Waals surface area contributed by atoms with E-state index in [2.05, 4.69) is 16.7 Å². The van der Waals surface area contributed by atoms with Crippen LogP contribution in [0.5, 0.6) is 5.75 Å². The molecule has 0 bridgehead atoms. The average molecular weight is 466 g/mol. The fraction of sp³-hybridized carbons (Fsp3) is 0.280. The van der Waals surface area contributed by atoms with E-state index in [0.717, 1.165) is 35.6 Å². The summed E-state index contributed by atoms with van der Waals surface area (Å²) in [4.78, 5) is 44.9. The first-order valence-corrected chi connectivity index (χ1v) is 11.0. The van der Waals surface area contributed by atoms with Crippen molar-refractivity contribution in [1.29, 1.82) is 0 Å². The number of nitrogens with one attached hydrogen (secondary N) is 1. The Bertz CT molecular complexity index is 1160. The van der Waals surface area contributed by atoms with Crippen molar-refractivity contribution in [2.24, 2.45) is 5.73 Å². The van der Waals surface area contributed by atoms with Crippen LogP contribution in [0.2, 0.25) is 0 Å². The minimum atomic E-state index is -0.822. The maximum atomic E-state index is 12.5. The van der Waals surface area contributed by atoms with Crippen LogP contribution in [0.3, 0.4) is 0 Å². The fourth-order valence-corrected chi connectivity index (χ4v) is 3.20. The Hall–Kier alpha value is -3.98. The molecule has 0 fully saturated rings. The van der Waals surface area contributed by atoms with Gasteiger partial charge in [-0.15, -0.1) is 0 Å². The normalized spacial score (nSPS) is 10.5. The standard InChI is InChI=1S/C25H27N3O6/c1-2-3-6-12-32-25(31)19-13-21(23(27-15-19)24(30)28-34-22(29)14-26)33-16-18-10-7-9-17-8-4-5-11-20(17)18/h4-5,7-11,13,15H,2-3,6,12,14,16,26H2,1H3,(H,28,30). The summed E-state index contributed by atoms with van der Waals surface area (Å²) in [7, 11) is 0. The minimum absolute atomic E-state index is 0.0391. The van der Waals surface area contributed by atoms with Crippen LogP contribution in [0.15, 0.2) is 54.7 Å².